The number of carbonyl (C=O) groups is 1. The van der Waals surface area contributed by atoms with Crippen molar-refractivity contribution in [3.8, 4) is 0 Å². The lowest BCUT2D eigenvalue weighted by Gasteiger charge is -2.26. The van der Waals surface area contributed by atoms with Gasteiger partial charge in [0.2, 0.25) is 0 Å². The molecule has 1 heterocycles. The molecule has 2 rings (SSSR count). The smallest absolute Gasteiger partial charge is 0.254 e. The fourth-order valence-corrected chi connectivity index (χ4v) is 2.94. The second kappa shape index (κ2) is 7.43. The van der Waals surface area contributed by atoms with Crippen molar-refractivity contribution < 1.29 is 4.79 Å². The fourth-order valence-electron chi connectivity index (χ4n) is 2.94. The number of anilines is 1. The van der Waals surface area contributed by atoms with Crippen LogP contribution >= 0.6 is 0 Å². The van der Waals surface area contributed by atoms with E-state index in [0.29, 0.717) is 11.5 Å². The Morgan fingerprint density at radius 3 is 2.71 bits per heavy atom. The molecule has 1 aromatic heterocycles. The van der Waals surface area contributed by atoms with E-state index < -0.39 is 0 Å². The highest BCUT2D eigenvalue weighted by molar-refractivity contribution is 5.99. The number of hydrogen-bond acceptors (Lipinski definition) is 3. The Labute approximate surface area is 127 Å². The van der Waals surface area contributed by atoms with Crippen molar-refractivity contribution in [1.29, 1.82) is 0 Å². The van der Waals surface area contributed by atoms with Crippen molar-refractivity contribution in [2.75, 3.05) is 18.4 Å². The van der Waals surface area contributed by atoms with E-state index in [1.807, 2.05) is 19.9 Å². The molecule has 116 valence electrons. The molecule has 1 aromatic rings. The van der Waals surface area contributed by atoms with E-state index in [4.69, 9.17) is 0 Å². The molecule has 4 nitrogen and oxygen atoms in total. The van der Waals surface area contributed by atoms with E-state index in [2.05, 4.69) is 22.5 Å². The van der Waals surface area contributed by atoms with Gasteiger partial charge in [0.1, 0.15) is 0 Å². The highest BCUT2D eigenvalue weighted by Gasteiger charge is 2.19. The number of rotatable bonds is 5. The molecule has 21 heavy (non-hydrogen) atoms. The Morgan fingerprint density at radius 1 is 1.33 bits per heavy atom. The average Bonchev–Trinajstić information content (AvgIpc) is 2.47. The van der Waals surface area contributed by atoms with Crippen LogP contribution in [0.2, 0.25) is 0 Å². The molecule has 0 spiro atoms. The maximum absolute atomic E-state index is 12.4. The Kier molecular flexibility index (Phi) is 5.59. The Hall–Kier alpha value is -1.58. The third-order valence-electron chi connectivity index (χ3n) is 4.34. The van der Waals surface area contributed by atoms with Crippen molar-refractivity contribution in [3.05, 3.63) is 23.5 Å². The molecule has 1 fully saturated rings. The lowest BCUT2D eigenvalue weighted by Crippen LogP contribution is -2.31. The minimum absolute atomic E-state index is 0.0166. The summed E-state index contributed by atoms with van der Waals surface area (Å²) in [6.45, 7) is 7.86. The molecule has 0 bridgehead atoms. The summed E-state index contributed by atoms with van der Waals surface area (Å²) in [6, 6.07) is 1.93. The Balaban J connectivity index is 1.93. The molecule has 1 aliphatic carbocycles. The topological polar surface area (TPSA) is 54.0 Å². The third-order valence-corrected chi connectivity index (χ3v) is 4.34. The highest BCUT2D eigenvalue weighted by atomic mass is 16.1. The van der Waals surface area contributed by atoms with Gasteiger partial charge in [-0.3, -0.25) is 9.78 Å². The first-order valence-electron chi connectivity index (χ1n) is 8.08. The molecule has 0 aromatic carbocycles. The van der Waals surface area contributed by atoms with Gasteiger partial charge in [-0.05, 0) is 44.6 Å². The van der Waals surface area contributed by atoms with Crippen LogP contribution in [0.25, 0.3) is 0 Å². The molecule has 1 saturated carbocycles. The van der Waals surface area contributed by atoms with E-state index in [-0.39, 0.29) is 5.91 Å². The first kappa shape index (κ1) is 15.8. The molecule has 0 unspecified atom stereocenters. The van der Waals surface area contributed by atoms with Crippen molar-refractivity contribution >= 4 is 11.6 Å². The minimum atomic E-state index is -0.0166. The van der Waals surface area contributed by atoms with Crippen LogP contribution in [-0.2, 0) is 0 Å². The van der Waals surface area contributed by atoms with Crippen molar-refractivity contribution in [3.63, 3.8) is 0 Å². The van der Waals surface area contributed by atoms with Crippen molar-refractivity contribution in [2.24, 2.45) is 11.8 Å². The van der Waals surface area contributed by atoms with Gasteiger partial charge >= 0.3 is 0 Å². The molecule has 2 N–H and O–H groups in total. The molecule has 1 amide bonds. The van der Waals surface area contributed by atoms with Crippen LogP contribution in [0.4, 0.5) is 5.69 Å². The summed E-state index contributed by atoms with van der Waals surface area (Å²) in [5, 5.41) is 6.32. The monoisotopic (exact) mass is 289 g/mol. The number of aromatic nitrogens is 1. The van der Waals surface area contributed by atoms with Crippen LogP contribution in [0.3, 0.4) is 0 Å². The lowest BCUT2D eigenvalue weighted by atomic mass is 9.83. The van der Waals surface area contributed by atoms with Crippen LogP contribution in [0, 0.1) is 18.8 Å². The summed E-state index contributed by atoms with van der Waals surface area (Å²) in [5.41, 5.74) is 2.44. The van der Waals surface area contributed by atoms with Crippen molar-refractivity contribution in [1.82, 2.24) is 10.3 Å². The summed E-state index contributed by atoms with van der Waals surface area (Å²) in [4.78, 5) is 16.6. The molecule has 4 heteroatoms. The molecular formula is C17H27N3O. The van der Waals surface area contributed by atoms with Gasteiger partial charge in [0.25, 0.3) is 5.91 Å². The first-order chi connectivity index (χ1) is 10.1. The molecule has 0 saturated heterocycles. The van der Waals surface area contributed by atoms with Crippen LogP contribution in [0.15, 0.2) is 12.3 Å². The van der Waals surface area contributed by atoms with Crippen LogP contribution < -0.4 is 10.6 Å². The van der Waals surface area contributed by atoms with Gasteiger partial charge in [-0.1, -0.05) is 19.8 Å². The van der Waals surface area contributed by atoms with Crippen LogP contribution in [0.5, 0.6) is 0 Å². The second-order valence-corrected chi connectivity index (χ2v) is 6.24. The van der Waals surface area contributed by atoms with Gasteiger partial charge < -0.3 is 10.6 Å². The number of hydrogen-bond donors (Lipinski definition) is 2. The predicted molar refractivity (Wildman–Crippen MR) is 86.6 cm³/mol. The summed E-state index contributed by atoms with van der Waals surface area (Å²) >= 11 is 0. The van der Waals surface area contributed by atoms with E-state index in [9.17, 15) is 4.79 Å². The summed E-state index contributed by atoms with van der Waals surface area (Å²) in [7, 11) is 0. The number of pyridine rings is 1. The standard InChI is InChI=1S/C17H27N3O/c1-4-18-16-9-13(3)19-11-15(16)17(21)20-10-14-7-5-12(2)6-8-14/h9,11-12,14H,4-8,10H2,1-3H3,(H,18,19)(H,20,21). The van der Waals surface area contributed by atoms with Gasteiger partial charge in [-0.25, -0.2) is 0 Å². The lowest BCUT2D eigenvalue weighted by molar-refractivity contribution is 0.0942. The molecule has 0 atom stereocenters. The normalized spacial score (nSPS) is 21.9. The van der Waals surface area contributed by atoms with E-state index in [1.54, 1.807) is 6.20 Å². The molecule has 1 aliphatic rings. The second-order valence-electron chi connectivity index (χ2n) is 6.24. The zero-order chi connectivity index (χ0) is 15.2. The average molecular weight is 289 g/mol. The molecular weight excluding hydrogens is 262 g/mol. The van der Waals surface area contributed by atoms with Gasteiger partial charge in [-0.2, -0.15) is 0 Å². The summed E-state index contributed by atoms with van der Waals surface area (Å²) in [5.74, 6) is 1.46. The largest absolute Gasteiger partial charge is 0.385 e. The highest BCUT2D eigenvalue weighted by Crippen LogP contribution is 2.27. The van der Waals surface area contributed by atoms with Gasteiger partial charge in [0.05, 0.1) is 11.3 Å². The number of amides is 1. The number of carbonyl (C=O) groups excluding carboxylic acids is 1. The van der Waals surface area contributed by atoms with Gasteiger partial charge in [-0.15, -0.1) is 0 Å². The quantitative estimate of drug-likeness (QED) is 0.873. The van der Waals surface area contributed by atoms with E-state index in [1.165, 1.54) is 25.7 Å². The maximum atomic E-state index is 12.4. The number of aryl methyl sites for hydroxylation is 1. The first-order valence-corrected chi connectivity index (χ1v) is 8.08. The Bertz CT molecular complexity index is 479. The molecule has 0 aliphatic heterocycles. The fraction of sp³-hybridized carbons (Fsp3) is 0.647. The van der Waals surface area contributed by atoms with Gasteiger partial charge in [0.15, 0.2) is 0 Å². The predicted octanol–water partition coefficient (Wildman–Crippen LogP) is 3.38. The SMILES string of the molecule is CCNc1cc(C)ncc1C(=O)NCC1CCC(C)CC1. The van der Waals surface area contributed by atoms with E-state index in [0.717, 1.165) is 30.4 Å². The minimum Gasteiger partial charge on any atom is -0.385 e. The summed E-state index contributed by atoms with van der Waals surface area (Å²) < 4.78 is 0. The third kappa shape index (κ3) is 4.45. The number of nitrogens with one attached hydrogen (secondary N) is 2. The van der Waals surface area contributed by atoms with Crippen LogP contribution in [0.1, 0.15) is 55.6 Å². The van der Waals surface area contributed by atoms with Gasteiger partial charge in [0, 0.05) is 25.0 Å². The zero-order valence-electron chi connectivity index (χ0n) is 13.4. The van der Waals surface area contributed by atoms with Crippen molar-refractivity contribution in [2.45, 2.75) is 46.5 Å². The van der Waals surface area contributed by atoms with Crippen LogP contribution in [-0.4, -0.2) is 24.0 Å². The molecule has 0 radical (unpaired) electrons. The number of nitrogens with zero attached hydrogens (tertiary/aromatic N) is 1. The Morgan fingerprint density at radius 2 is 2.05 bits per heavy atom. The maximum Gasteiger partial charge on any atom is 0.254 e. The van der Waals surface area contributed by atoms with E-state index >= 15 is 0 Å². The zero-order valence-corrected chi connectivity index (χ0v) is 13.4. The summed E-state index contributed by atoms with van der Waals surface area (Å²) in [6.07, 6.45) is 6.71.